The van der Waals surface area contributed by atoms with Gasteiger partial charge in [0.2, 0.25) is 11.8 Å². The quantitative estimate of drug-likeness (QED) is 0.532. The summed E-state index contributed by atoms with van der Waals surface area (Å²) in [7, 11) is 5.43. The van der Waals surface area contributed by atoms with Crippen molar-refractivity contribution in [2.24, 2.45) is 4.99 Å². The molecule has 32 heavy (non-hydrogen) atoms. The summed E-state index contributed by atoms with van der Waals surface area (Å²) in [6.45, 7) is 4.16. The molecule has 0 spiro atoms. The molecule has 8 heteroatoms. The van der Waals surface area contributed by atoms with Gasteiger partial charge >= 0.3 is 5.97 Å². The number of nitrogens with one attached hydrogen (secondary N) is 1. The summed E-state index contributed by atoms with van der Waals surface area (Å²) >= 11 is 0. The Morgan fingerprint density at radius 2 is 1.78 bits per heavy atom. The maximum atomic E-state index is 12.6. The molecule has 0 fully saturated rings. The number of amides is 2. The molecule has 2 aromatic rings. The molecule has 2 amide bonds. The number of esters is 1. The van der Waals surface area contributed by atoms with Crippen LogP contribution in [-0.4, -0.2) is 62.7 Å². The summed E-state index contributed by atoms with van der Waals surface area (Å²) in [4.78, 5) is 44.9. The van der Waals surface area contributed by atoms with Gasteiger partial charge in [-0.15, -0.1) is 0 Å². The fourth-order valence-electron chi connectivity index (χ4n) is 3.56. The van der Waals surface area contributed by atoms with Crippen LogP contribution in [0.3, 0.4) is 0 Å². The lowest BCUT2D eigenvalue weighted by Crippen LogP contribution is -2.34. The zero-order chi connectivity index (χ0) is 23.4. The molecular weight excluding hydrogens is 408 g/mol. The van der Waals surface area contributed by atoms with Crippen molar-refractivity contribution in [1.82, 2.24) is 4.90 Å². The molecule has 0 aliphatic carbocycles. The topological polar surface area (TPSA) is 91.3 Å². The molecule has 1 heterocycles. The molecule has 1 atom stereocenters. The molecule has 0 bridgehead atoms. The third-order valence-electron chi connectivity index (χ3n) is 5.18. The number of aliphatic imine (C=N–C) groups is 1. The summed E-state index contributed by atoms with van der Waals surface area (Å²) in [5.74, 6) is -1.16. The maximum absolute atomic E-state index is 12.6. The van der Waals surface area contributed by atoms with Crippen molar-refractivity contribution in [3.63, 3.8) is 0 Å². The first-order chi connectivity index (χ1) is 15.2. The minimum Gasteiger partial charge on any atom is -0.462 e. The molecule has 8 nitrogen and oxygen atoms in total. The number of benzene rings is 2. The monoisotopic (exact) mass is 436 g/mol. The highest BCUT2D eigenvalue weighted by molar-refractivity contribution is 6.18. The predicted molar refractivity (Wildman–Crippen MR) is 125 cm³/mol. The van der Waals surface area contributed by atoms with Crippen LogP contribution in [0, 0.1) is 0 Å². The van der Waals surface area contributed by atoms with E-state index in [9.17, 15) is 14.4 Å². The first kappa shape index (κ1) is 23.1. The summed E-state index contributed by atoms with van der Waals surface area (Å²) in [6, 6.07) is 12.3. The maximum Gasteiger partial charge on any atom is 0.338 e. The number of carbonyl (C=O) groups excluding carboxylic acids is 3. The van der Waals surface area contributed by atoms with Crippen molar-refractivity contribution in [3.05, 3.63) is 53.6 Å². The van der Waals surface area contributed by atoms with E-state index in [-0.39, 0.29) is 18.4 Å². The summed E-state index contributed by atoms with van der Waals surface area (Å²) in [5.41, 5.74) is 3.85. The van der Waals surface area contributed by atoms with Crippen LogP contribution in [0.1, 0.15) is 35.7 Å². The number of fused-ring (bicyclic) bond motifs is 1. The fraction of sp³-hybridized carbons (Fsp3) is 0.333. The Kier molecular flexibility index (Phi) is 7.05. The van der Waals surface area contributed by atoms with Gasteiger partial charge in [0.05, 0.1) is 24.4 Å². The number of carbonyl (C=O) groups is 3. The Balaban J connectivity index is 1.79. The van der Waals surface area contributed by atoms with Gasteiger partial charge in [-0.3, -0.25) is 14.6 Å². The first-order valence-corrected chi connectivity index (χ1v) is 10.4. The van der Waals surface area contributed by atoms with E-state index < -0.39 is 11.9 Å². The Morgan fingerprint density at radius 3 is 2.41 bits per heavy atom. The summed E-state index contributed by atoms with van der Waals surface area (Å²) < 4.78 is 5.03. The molecule has 0 aromatic heterocycles. The van der Waals surface area contributed by atoms with E-state index in [1.807, 2.05) is 43.3 Å². The highest BCUT2D eigenvalue weighted by Gasteiger charge is 2.33. The van der Waals surface area contributed by atoms with Crippen LogP contribution in [0.5, 0.6) is 0 Å². The molecule has 2 aromatic carbocycles. The standard InChI is InChI=1S/C24H28N4O4/c1-6-32-24(31)16-7-12-19-20(13-16)26-23(30)22(19)15(2)25-17-8-10-18(11-9-17)28(5)21(29)14-27(3)4/h7-13,22H,6,14H2,1-5H3,(H,26,30). The number of hydrogen-bond donors (Lipinski definition) is 1. The zero-order valence-corrected chi connectivity index (χ0v) is 19.0. The molecule has 1 N–H and O–H groups in total. The molecular formula is C24H28N4O4. The van der Waals surface area contributed by atoms with Gasteiger partial charge in [-0.1, -0.05) is 6.07 Å². The Hall–Kier alpha value is -3.52. The second-order valence-electron chi connectivity index (χ2n) is 7.90. The van der Waals surface area contributed by atoms with E-state index in [4.69, 9.17) is 4.74 Å². The minimum atomic E-state index is -0.537. The number of likely N-dealkylation sites (N-methyl/N-ethyl adjacent to an activating group) is 2. The smallest absolute Gasteiger partial charge is 0.338 e. The summed E-state index contributed by atoms with van der Waals surface area (Å²) in [6.07, 6.45) is 0. The van der Waals surface area contributed by atoms with E-state index in [0.29, 0.717) is 29.2 Å². The van der Waals surface area contributed by atoms with Gasteiger partial charge < -0.3 is 19.9 Å². The zero-order valence-electron chi connectivity index (χ0n) is 19.0. The highest BCUT2D eigenvalue weighted by Crippen LogP contribution is 2.35. The highest BCUT2D eigenvalue weighted by atomic mass is 16.5. The molecule has 0 saturated heterocycles. The number of anilines is 2. The minimum absolute atomic E-state index is 0.0103. The van der Waals surface area contributed by atoms with Crippen LogP contribution in [-0.2, 0) is 14.3 Å². The van der Waals surface area contributed by atoms with Crippen molar-refractivity contribution in [3.8, 4) is 0 Å². The third kappa shape index (κ3) is 5.03. The van der Waals surface area contributed by atoms with Crippen LogP contribution in [0.25, 0.3) is 0 Å². The van der Waals surface area contributed by atoms with Crippen LogP contribution in [0.4, 0.5) is 17.1 Å². The Morgan fingerprint density at radius 1 is 1.09 bits per heavy atom. The van der Waals surface area contributed by atoms with Gasteiger partial charge in [0.25, 0.3) is 0 Å². The lowest BCUT2D eigenvalue weighted by molar-refractivity contribution is -0.119. The molecule has 0 saturated carbocycles. The molecule has 1 unspecified atom stereocenters. The lowest BCUT2D eigenvalue weighted by atomic mass is 9.95. The van der Waals surface area contributed by atoms with E-state index in [0.717, 1.165) is 11.3 Å². The second-order valence-corrected chi connectivity index (χ2v) is 7.90. The van der Waals surface area contributed by atoms with Crippen LogP contribution >= 0.6 is 0 Å². The van der Waals surface area contributed by atoms with Crippen LogP contribution in [0.2, 0.25) is 0 Å². The van der Waals surface area contributed by atoms with Crippen LogP contribution in [0.15, 0.2) is 47.5 Å². The van der Waals surface area contributed by atoms with Crippen LogP contribution < -0.4 is 10.2 Å². The normalized spacial score (nSPS) is 15.4. The third-order valence-corrected chi connectivity index (χ3v) is 5.18. The van der Waals surface area contributed by atoms with Crippen molar-refractivity contribution >= 4 is 40.6 Å². The first-order valence-electron chi connectivity index (χ1n) is 10.4. The van der Waals surface area contributed by atoms with E-state index >= 15 is 0 Å². The van der Waals surface area contributed by atoms with Crippen molar-refractivity contribution in [2.75, 3.05) is 44.5 Å². The molecule has 1 aliphatic heterocycles. The molecule has 168 valence electrons. The molecule has 1 aliphatic rings. The van der Waals surface area contributed by atoms with Gasteiger partial charge in [0.1, 0.15) is 5.92 Å². The Bertz CT molecular complexity index is 1060. The summed E-state index contributed by atoms with van der Waals surface area (Å²) in [5, 5.41) is 2.83. The van der Waals surface area contributed by atoms with Gasteiger partial charge in [0.15, 0.2) is 0 Å². The predicted octanol–water partition coefficient (Wildman–Crippen LogP) is 3.22. The van der Waals surface area contributed by atoms with E-state index in [2.05, 4.69) is 10.3 Å². The molecule has 0 radical (unpaired) electrons. The largest absolute Gasteiger partial charge is 0.462 e. The van der Waals surface area contributed by atoms with Gasteiger partial charge in [-0.25, -0.2) is 4.79 Å². The number of ether oxygens (including phenoxy) is 1. The SMILES string of the molecule is CCOC(=O)c1ccc2c(c1)NC(=O)C2C(C)=Nc1ccc(N(C)C(=O)CN(C)C)cc1. The lowest BCUT2D eigenvalue weighted by Gasteiger charge is -2.19. The number of nitrogens with zero attached hydrogens (tertiary/aromatic N) is 3. The molecule has 3 rings (SSSR count). The van der Waals surface area contributed by atoms with E-state index in [1.54, 1.807) is 44.0 Å². The number of hydrogen-bond acceptors (Lipinski definition) is 6. The van der Waals surface area contributed by atoms with Crippen molar-refractivity contribution in [1.29, 1.82) is 0 Å². The van der Waals surface area contributed by atoms with Crippen molar-refractivity contribution < 1.29 is 19.1 Å². The van der Waals surface area contributed by atoms with Gasteiger partial charge in [-0.05, 0) is 69.9 Å². The van der Waals surface area contributed by atoms with Gasteiger partial charge in [-0.2, -0.15) is 0 Å². The van der Waals surface area contributed by atoms with Crippen molar-refractivity contribution in [2.45, 2.75) is 19.8 Å². The fourth-order valence-corrected chi connectivity index (χ4v) is 3.56. The van der Waals surface area contributed by atoms with Gasteiger partial charge in [0, 0.05) is 24.1 Å². The second kappa shape index (κ2) is 9.74. The Labute approximate surface area is 187 Å². The average Bonchev–Trinajstić information content (AvgIpc) is 3.08. The number of rotatable bonds is 7. The average molecular weight is 437 g/mol. The van der Waals surface area contributed by atoms with E-state index in [1.165, 1.54) is 0 Å².